The van der Waals surface area contributed by atoms with Crippen LogP contribution in [0.5, 0.6) is 0 Å². The lowest BCUT2D eigenvalue weighted by atomic mass is 10.1. The molecule has 0 saturated carbocycles. The minimum Gasteiger partial charge on any atom is -0.462 e. The van der Waals surface area contributed by atoms with Crippen molar-refractivity contribution in [2.75, 3.05) is 22.8 Å². The number of esters is 1. The number of nitrogens with one attached hydrogen (secondary N) is 1. The van der Waals surface area contributed by atoms with Crippen LogP contribution in [0, 0.1) is 0 Å². The molecule has 0 saturated heterocycles. The molecule has 3 aromatic carbocycles. The van der Waals surface area contributed by atoms with E-state index >= 15 is 0 Å². The van der Waals surface area contributed by atoms with E-state index in [-0.39, 0.29) is 18.0 Å². The van der Waals surface area contributed by atoms with Gasteiger partial charge in [0.15, 0.2) is 0 Å². The zero-order valence-corrected chi connectivity index (χ0v) is 16.4. The number of hydrogen-bond acceptors (Lipinski definition) is 5. The number of hydrogen-bond donors (Lipinski definition) is 1. The van der Waals surface area contributed by atoms with E-state index in [0.717, 1.165) is 9.69 Å². The van der Waals surface area contributed by atoms with Gasteiger partial charge in [-0.2, -0.15) is 0 Å². The molecule has 0 unspecified atom stereocenters. The van der Waals surface area contributed by atoms with Gasteiger partial charge in [0.2, 0.25) is 5.91 Å². The van der Waals surface area contributed by atoms with Crippen LogP contribution in [0.2, 0.25) is 0 Å². The molecule has 4 rings (SSSR count). The standard InChI is InChI=1S/C21H18N2O5S/c1-2-28-21(25)15-9-11-16(12-10-15)22-19(24)13-23-17-7-3-5-14-6-4-8-18(20(14)17)29(23,26)27/h3-12H,2,13H2,1H3,(H,22,24). The van der Waals surface area contributed by atoms with Gasteiger partial charge in [-0.3, -0.25) is 9.10 Å². The van der Waals surface area contributed by atoms with Crippen molar-refractivity contribution in [1.82, 2.24) is 0 Å². The Labute approximate surface area is 167 Å². The maximum absolute atomic E-state index is 12.9. The van der Waals surface area contributed by atoms with Crippen molar-refractivity contribution >= 4 is 44.0 Å². The average molecular weight is 410 g/mol. The first-order valence-corrected chi connectivity index (χ1v) is 10.5. The minimum atomic E-state index is -3.80. The number of rotatable bonds is 5. The van der Waals surface area contributed by atoms with Crippen molar-refractivity contribution in [3.8, 4) is 0 Å². The molecule has 0 atom stereocenters. The zero-order chi connectivity index (χ0) is 20.6. The van der Waals surface area contributed by atoms with Crippen molar-refractivity contribution in [3.05, 3.63) is 66.2 Å². The van der Waals surface area contributed by atoms with Gasteiger partial charge in [-0.1, -0.05) is 24.3 Å². The summed E-state index contributed by atoms with van der Waals surface area (Å²) in [6.07, 6.45) is 0. The first-order chi connectivity index (χ1) is 13.9. The normalized spacial score (nSPS) is 14.0. The largest absolute Gasteiger partial charge is 0.462 e. The fraction of sp³-hybridized carbons (Fsp3) is 0.143. The predicted molar refractivity (Wildman–Crippen MR) is 110 cm³/mol. The van der Waals surface area contributed by atoms with E-state index in [2.05, 4.69) is 5.32 Å². The lowest BCUT2D eigenvalue weighted by Gasteiger charge is -2.18. The molecular formula is C21H18N2O5S. The van der Waals surface area contributed by atoms with Crippen LogP contribution in [0.15, 0.2) is 65.6 Å². The molecule has 29 heavy (non-hydrogen) atoms. The minimum absolute atomic E-state index is 0.206. The van der Waals surface area contributed by atoms with E-state index in [1.807, 2.05) is 12.1 Å². The summed E-state index contributed by atoms with van der Waals surface area (Å²) in [5.41, 5.74) is 1.32. The van der Waals surface area contributed by atoms with Crippen molar-refractivity contribution in [1.29, 1.82) is 0 Å². The van der Waals surface area contributed by atoms with E-state index in [9.17, 15) is 18.0 Å². The van der Waals surface area contributed by atoms with E-state index < -0.39 is 21.9 Å². The van der Waals surface area contributed by atoms with Gasteiger partial charge in [-0.05, 0) is 48.7 Å². The monoisotopic (exact) mass is 410 g/mol. The molecule has 1 aliphatic rings. The summed E-state index contributed by atoms with van der Waals surface area (Å²) in [5.74, 6) is -0.929. The van der Waals surface area contributed by atoms with Gasteiger partial charge in [0, 0.05) is 11.1 Å². The molecule has 0 bridgehead atoms. The Hall–Kier alpha value is -3.39. The van der Waals surface area contributed by atoms with Crippen LogP contribution in [0.25, 0.3) is 10.8 Å². The summed E-state index contributed by atoms with van der Waals surface area (Å²) < 4.78 is 31.9. The molecule has 0 aromatic heterocycles. The van der Waals surface area contributed by atoms with E-state index in [1.54, 1.807) is 43.3 Å². The van der Waals surface area contributed by atoms with Crippen molar-refractivity contribution in [2.24, 2.45) is 0 Å². The molecule has 1 amide bonds. The Balaban J connectivity index is 1.54. The van der Waals surface area contributed by atoms with Crippen molar-refractivity contribution in [3.63, 3.8) is 0 Å². The van der Waals surface area contributed by atoms with Crippen LogP contribution in [-0.2, 0) is 19.6 Å². The summed E-state index contributed by atoms with van der Waals surface area (Å²) in [7, 11) is -3.80. The molecule has 0 radical (unpaired) electrons. The van der Waals surface area contributed by atoms with Crippen LogP contribution >= 0.6 is 0 Å². The predicted octanol–water partition coefficient (Wildman–Crippen LogP) is 3.16. The van der Waals surface area contributed by atoms with Gasteiger partial charge in [-0.15, -0.1) is 0 Å². The molecule has 8 heteroatoms. The summed E-state index contributed by atoms with van der Waals surface area (Å²) in [5, 5.41) is 4.10. The van der Waals surface area contributed by atoms with Crippen LogP contribution in [0.1, 0.15) is 17.3 Å². The number of carbonyl (C=O) groups excluding carboxylic acids is 2. The SMILES string of the molecule is CCOC(=O)c1ccc(NC(=O)CN2c3cccc4cccc(c34)S2(=O)=O)cc1. The Kier molecular flexibility index (Phi) is 4.71. The fourth-order valence-corrected chi connectivity index (χ4v) is 5.03. The van der Waals surface area contributed by atoms with Crippen LogP contribution in [0.4, 0.5) is 11.4 Å². The first kappa shape index (κ1) is 18.9. The molecule has 1 N–H and O–H groups in total. The van der Waals surface area contributed by atoms with Crippen molar-refractivity contribution in [2.45, 2.75) is 11.8 Å². The third-order valence-electron chi connectivity index (χ3n) is 4.65. The first-order valence-electron chi connectivity index (χ1n) is 9.03. The number of nitrogens with zero attached hydrogens (tertiary/aromatic N) is 1. The van der Waals surface area contributed by atoms with E-state index in [4.69, 9.17) is 4.74 Å². The number of carbonyl (C=O) groups is 2. The average Bonchev–Trinajstić information content (AvgIpc) is 2.92. The Morgan fingerprint density at radius 2 is 1.69 bits per heavy atom. The lowest BCUT2D eigenvalue weighted by Crippen LogP contribution is -2.35. The smallest absolute Gasteiger partial charge is 0.338 e. The topological polar surface area (TPSA) is 92.8 Å². The second kappa shape index (κ2) is 7.21. The van der Waals surface area contributed by atoms with Crippen LogP contribution in [0.3, 0.4) is 0 Å². The quantitative estimate of drug-likeness (QED) is 0.652. The Bertz CT molecular complexity index is 1210. The number of sulfonamides is 1. The van der Waals surface area contributed by atoms with E-state index in [1.165, 1.54) is 12.1 Å². The summed E-state index contributed by atoms with van der Waals surface area (Å²) >= 11 is 0. The second-order valence-electron chi connectivity index (χ2n) is 6.49. The van der Waals surface area contributed by atoms with Gasteiger partial charge in [0.05, 0.1) is 22.8 Å². The van der Waals surface area contributed by atoms with E-state index in [0.29, 0.717) is 22.3 Å². The molecule has 7 nitrogen and oxygen atoms in total. The summed E-state index contributed by atoms with van der Waals surface area (Å²) in [6, 6.07) is 16.6. The molecule has 0 fully saturated rings. The van der Waals surface area contributed by atoms with Gasteiger partial charge in [0.1, 0.15) is 6.54 Å². The highest BCUT2D eigenvalue weighted by Crippen LogP contribution is 2.41. The Morgan fingerprint density at radius 1 is 1.00 bits per heavy atom. The van der Waals surface area contributed by atoms with Gasteiger partial charge in [-0.25, -0.2) is 13.2 Å². The summed E-state index contributed by atoms with van der Waals surface area (Å²) in [6.45, 7) is 1.64. The number of ether oxygens (including phenoxy) is 1. The zero-order valence-electron chi connectivity index (χ0n) is 15.6. The third kappa shape index (κ3) is 3.31. The van der Waals surface area contributed by atoms with Gasteiger partial charge >= 0.3 is 5.97 Å². The number of anilines is 2. The highest BCUT2D eigenvalue weighted by molar-refractivity contribution is 7.93. The molecular weight excluding hydrogens is 392 g/mol. The fourth-order valence-electron chi connectivity index (χ4n) is 3.36. The highest BCUT2D eigenvalue weighted by atomic mass is 32.2. The molecule has 1 aliphatic heterocycles. The molecule has 0 spiro atoms. The second-order valence-corrected chi connectivity index (χ2v) is 8.32. The molecule has 148 valence electrons. The van der Waals surface area contributed by atoms with Gasteiger partial charge < -0.3 is 10.1 Å². The number of benzene rings is 3. The third-order valence-corrected chi connectivity index (χ3v) is 6.45. The molecule has 1 heterocycles. The van der Waals surface area contributed by atoms with Gasteiger partial charge in [0.25, 0.3) is 10.0 Å². The maximum atomic E-state index is 12.9. The van der Waals surface area contributed by atoms with Crippen LogP contribution < -0.4 is 9.62 Å². The highest BCUT2D eigenvalue weighted by Gasteiger charge is 2.36. The van der Waals surface area contributed by atoms with Crippen LogP contribution in [-0.4, -0.2) is 33.4 Å². The molecule has 3 aromatic rings. The maximum Gasteiger partial charge on any atom is 0.338 e. The number of amides is 1. The lowest BCUT2D eigenvalue weighted by molar-refractivity contribution is -0.114. The van der Waals surface area contributed by atoms with Crippen molar-refractivity contribution < 1.29 is 22.7 Å². The summed E-state index contributed by atoms with van der Waals surface area (Å²) in [4.78, 5) is 24.4. The molecule has 0 aliphatic carbocycles. The Morgan fingerprint density at radius 3 is 2.38 bits per heavy atom.